The summed E-state index contributed by atoms with van der Waals surface area (Å²) >= 11 is 1.72. The molecule has 0 saturated heterocycles. The van der Waals surface area contributed by atoms with Crippen LogP contribution in [0.15, 0.2) is 18.7 Å². The molecule has 0 spiro atoms. The van der Waals surface area contributed by atoms with Crippen molar-refractivity contribution < 1.29 is 4.79 Å². The fourth-order valence-electron chi connectivity index (χ4n) is 2.16. The molecule has 86 valence electrons. The number of hydrogen-bond donors (Lipinski definition) is 0. The van der Waals surface area contributed by atoms with E-state index in [4.69, 9.17) is 0 Å². The van der Waals surface area contributed by atoms with Crippen LogP contribution in [-0.4, -0.2) is 5.78 Å². The van der Waals surface area contributed by atoms with Crippen molar-refractivity contribution >= 4 is 17.1 Å². The highest BCUT2D eigenvalue weighted by molar-refractivity contribution is 7.14. The van der Waals surface area contributed by atoms with Gasteiger partial charge in [-0.05, 0) is 43.7 Å². The smallest absolute Gasteiger partial charge is 0.173 e. The maximum atomic E-state index is 11.9. The first-order chi connectivity index (χ1) is 7.81. The molecular formula is C14H18OS. The predicted molar refractivity (Wildman–Crippen MR) is 69.3 cm³/mol. The number of rotatable bonds is 4. The van der Waals surface area contributed by atoms with Crippen molar-refractivity contribution in [1.29, 1.82) is 0 Å². The fraction of sp³-hybridized carbons (Fsp3) is 0.500. The molecule has 1 aliphatic rings. The van der Waals surface area contributed by atoms with Crippen LogP contribution in [0, 0.1) is 0 Å². The third-order valence-corrected chi connectivity index (χ3v) is 4.38. The summed E-state index contributed by atoms with van der Waals surface area (Å²) in [7, 11) is 0. The van der Waals surface area contributed by atoms with Gasteiger partial charge in [0.05, 0.1) is 4.88 Å². The van der Waals surface area contributed by atoms with Crippen LogP contribution in [0.5, 0.6) is 0 Å². The van der Waals surface area contributed by atoms with Crippen LogP contribution in [0.1, 0.15) is 52.2 Å². The Labute approximate surface area is 101 Å². The molecule has 1 aromatic heterocycles. The second-order valence-corrected chi connectivity index (χ2v) is 5.51. The molecule has 2 rings (SSSR count). The number of ketones is 1. The lowest BCUT2D eigenvalue weighted by atomic mass is 10.1. The first kappa shape index (κ1) is 11.6. The van der Waals surface area contributed by atoms with E-state index in [0.717, 1.165) is 11.3 Å². The Morgan fingerprint density at radius 1 is 1.38 bits per heavy atom. The van der Waals surface area contributed by atoms with Crippen molar-refractivity contribution in [2.24, 2.45) is 0 Å². The number of thiophene rings is 1. The van der Waals surface area contributed by atoms with Gasteiger partial charge in [0.2, 0.25) is 0 Å². The zero-order chi connectivity index (χ0) is 11.4. The summed E-state index contributed by atoms with van der Waals surface area (Å²) in [6, 6.07) is 2.14. The van der Waals surface area contributed by atoms with Crippen LogP contribution < -0.4 is 0 Å². The Kier molecular flexibility index (Phi) is 3.94. The summed E-state index contributed by atoms with van der Waals surface area (Å²) in [5, 5.41) is 0. The van der Waals surface area contributed by atoms with Gasteiger partial charge in [0, 0.05) is 11.3 Å². The standard InChI is InChI=1S/C14H18OS/c1-2-3-8-12(15)14-10-11-7-5-4-6-9-13(11)16-14/h2,10H,1,3-9H2. The Bertz CT molecular complexity index is 366. The van der Waals surface area contributed by atoms with Gasteiger partial charge in [0.15, 0.2) is 5.78 Å². The average molecular weight is 234 g/mol. The minimum atomic E-state index is 0.290. The van der Waals surface area contributed by atoms with E-state index in [2.05, 4.69) is 12.6 Å². The lowest BCUT2D eigenvalue weighted by molar-refractivity contribution is 0.0987. The summed E-state index contributed by atoms with van der Waals surface area (Å²) in [6.07, 6.45) is 9.47. The minimum Gasteiger partial charge on any atom is -0.293 e. The van der Waals surface area contributed by atoms with Crippen LogP contribution >= 0.6 is 11.3 Å². The number of aryl methyl sites for hydroxylation is 2. The zero-order valence-corrected chi connectivity index (χ0v) is 10.4. The molecule has 1 heterocycles. The average Bonchev–Trinajstić information content (AvgIpc) is 2.58. The largest absolute Gasteiger partial charge is 0.293 e. The summed E-state index contributed by atoms with van der Waals surface area (Å²) in [5.41, 5.74) is 1.43. The number of fused-ring (bicyclic) bond motifs is 1. The Morgan fingerprint density at radius 2 is 2.19 bits per heavy atom. The summed E-state index contributed by atoms with van der Waals surface area (Å²) < 4.78 is 0. The zero-order valence-electron chi connectivity index (χ0n) is 9.63. The van der Waals surface area contributed by atoms with E-state index in [1.54, 1.807) is 11.3 Å². The van der Waals surface area contributed by atoms with E-state index in [1.165, 1.54) is 42.5 Å². The van der Waals surface area contributed by atoms with Gasteiger partial charge in [-0.2, -0.15) is 0 Å². The van der Waals surface area contributed by atoms with Gasteiger partial charge in [-0.15, -0.1) is 17.9 Å². The monoisotopic (exact) mass is 234 g/mol. The van der Waals surface area contributed by atoms with Crippen molar-refractivity contribution in [3.8, 4) is 0 Å². The molecular weight excluding hydrogens is 216 g/mol. The highest BCUT2D eigenvalue weighted by atomic mass is 32.1. The van der Waals surface area contributed by atoms with E-state index < -0.39 is 0 Å². The van der Waals surface area contributed by atoms with E-state index in [-0.39, 0.29) is 5.78 Å². The molecule has 1 aliphatic carbocycles. The number of carbonyl (C=O) groups is 1. The third kappa shape index (κ3) is 2.62. The number of carbonyl (C=O) groups excluding carboxylic acids is 1. The first-order valence-corrected chi connectivity index (χ1v) is 6.88. The Hall–Kier alpha value is -0.890. The highest BCUT2D eigenvalue weighted by Crippen LogP contribution is 2.29. The molecule has 0 aliphatic heterocycles. The van der Waals surface area contributed by atoms with Gasteiger partial charge in [-0.3, -0.25) is 4.79 Å². The normalized spacial score (nSPS) is 15.2. The van der Waals surface area contributed by atoms with Gasteiger partial charge in [-0.25, -0.2) is 0 Å². The molecule has 0 amide bonds. The SMILES string of the molecule is C=CCCC(=O)c1cc2c(s1)CCCCC2. The fourth-order valence-corrected chi connectivity index (χ4v) is 3.38. The number of allylic oxidation sites excluding steroid dienone is 1. The third-order valence-electron chi connectivity index (χ3n) is 3.10. The van der Waals surface area contributed by atoms with Crippen molar-refractivity contribution in [2.45, 2.75) is 44.9 Å². The molecule has 0 atom stereocenters. The van der Waals surface area contributed by atoms with Gasteiger partial charge >= 0.3 is 0 Å². The van der Waals surface area contributed by atoms with Crippen LogP contribution in [0.25, 0.3) is 0 Å². The van der Waals surface area contributed by atoms with E-state index >= 15 is 0 Å². The molecule has 1 nitrogen and oxygen atoms in total. The molecule has 0 saturated carbocycles. The second-order valence-electron chi connectivity index (χ2n) is 4.37. The second kappa shape index (κ2) is 5.44. The van der Waals surface area contributed by atoms with Crippen LogP contribution in [0.2, 0.25) is 0 Å². The first-order valence-electron chi connectivity index (χ1n) is 6.07. The van der Waals surface area contributed by atoms with E-state index in [0.29, 0.717) is 6.42 Å². The number of Topliss-reactive ketones (excluding diaryl/α,β-unsaturated/α-hetero) is 1. The van der Waals surface area contributed by atoms with E-state index in [1.807, 2.05) is 6.08 Å². The van der Waals surface area contributed by atoms with Crippen molar-refractivity contribution in [1.82, 2.24) is 0 Å². The summed E-state index contributed by atoms with van der Waals surface area (Å²) in [5.74, 6) is 0.290. The molecule has 0 unspecified atom stereocenters. The summed E-state index contributed by atoms with van der Waals surface area (Å²) in [6.45, 7) is 3.65. The maximum Gasteiger partial charge on any atom is 0.173 e. The van der Waals surface area contributed by atoms with Crippen molar-refractivity contribution in [3.05, 3.63) is 34.0 Å². The lowest BCUT2D eigenvalue weighted by Gasteiger charge is -1.94. The topological polar surface area (TPSA) is 17.1 Å². The van der Waals surface area contributed by atoms with Gasteiger partial charge in [0.1, 0.15) is 0 Å². The molecule has 16 heavy (non-hydrogen) atoms. The molecule has 2 heteroatoms. The van der Waals surface area contributed by atoms with Gasteiger partial charge in [-0.1, -0.05) is 12.5 Å². The van der Waals surface area contributed by atoms with Crippen LogP contribution in [-0.2, 0) is 12.8 Å². The quantitative estimate of drug-likeness (QED) is 0.434. The lowest BCUT2D eigenvalue weighted by Crippen LogP contribution is -1.94. The Balaban J connectivity index is 2.11. The van der Waals surface area contributed by atoms with Gasteiger partial charge < -0.3 is 0 Å². The highest BCUT2D eigenvalue weighted by Gasteiger charge is 2.15. The molecule has 0 radical (unpaired) electrons. The summed E-state index contributed by atoms with van der Waals surface area (Å²) in [4.78, 5) is 14.3. The molecule has 0 bridgehead atoms. The van der Waals surface area contributed by atoms with Gasteiger partial charge in [0.25, 0.3) is 0 Å². The molecule has 0 fully saturated rings. The molecule has 0 aromatic carbocycles. The van der Waals surface area contributed by atoms with Crippen molar-refractivity contribution in [2.75, 3.05) is 0 Å². The minimum absolute atomic E-state index is 0.290. The van der Waals surface area contributed by atoms with Crippen LogP contribution in [0.4, 0.5) is 0 Å². The molecule has 1 aromatic rings. The Morgan fingerprint density at radius 3 is 3.00 bits per heavy atom. The number of hydrogen-bond acceptors (Lipinski definition) is 2. The maximum absolute atomic E-state index is 11.9. The van der Waals surface area contributed by atoms with Crippen LogP contribution in [0.3, 0.4) is 0 Å². The van der Waals surface area contributed by atoms with Crippen molar-refractivity contribution in [3.63, 3.8) is 0 Å². The molecule has 0 N–H and O–H groups in total. The predicted octanol–water partition coefficient (Wildman–Crippen LogP) is 4.17. The van der Waals surface area contributed by atoms with E-state index in [9.17, 15) is 4.79 Å².